The molecule has 19 heavy (non-hydrogen) atoms. The van der Waals surface area contributed by atoms with Crippen LogP contribution in [0.3, 0.4) is 0 Å². The second kappa shape index (κ2) is 5.89. The van der Waals surface area contributed by atoms with Crippen LogP contribution in [0.2, 0.25) is 5.02 Å². The number of hydrogen-bond donors (Lipinski definition) is 1. The van der Waals surface area contributed by atoms with Gasteiger partial charge in [-0.2, -0.15) is 0 Å². The molecule has 0 saturated carbocycles. The van der Waals surface area contributed by atoms with Crippen LogP contribution in [0.5, 0.6) is 5.75 Å². The molecule has 100 valence electrons. The molecule has 0 heterocycles. The van der Waals surface area contributed by atoms with E-state index < -0.39 is 5.82 Å². The minimum Gasteiger partial charge on any atom is -0.497 e. The maximum absolute atomic E-state index is 13.7. The second-order valence-corrected chi connectivity index (χ2v) is 4.34. The van der Waals surface area contributed by atoms with Crippen LogP contribution >= 0.6 is 11.6 Å². The smallest absolute Gasteiger partial charge is 0.131 e. The fourth-order valence-corrected chi connectivity index (χ4v) is 1.86. The van der Waals surface area contributed by atoms with Gasteiger partial charge in [-0.15, -0.1) is 0 Å². The third kappa shape index (κ3) is 3.35. The third-order valence-corrected chi connectivity index (χ3v) is 2.97. The number of benzene rings is 2. The van der Waals surface area contributed by atoms with Crippen LogP contribution in [-0.4, -0.2) is 7.11 Å². The van der Waals surface area contributed by atoms with E-state index in [9.17, 15) is 8.78 Å². The van der Waals surface area contributed by atoms with Gasteiger partial charge in [0.05, 0.1) is 17.8 Å². The summed E-state index contributed by atoms with van der Waals surface area (Å²) in [4.78, 5) is 0. The second-order valence-electron chi connectivity index (χ2n) is 3.94. The molecule has 0 amide bonds. The van der Waals surface area contributed by atoms with Crippen molar-refractivity contribution in [3.63, 3.8) is 0 Å². The Kier molecular flexibility index (Phi) is 4.22. The number of hydrogen-bond acceptors (Lipinski definition) is 2. The quantitative estimate of drug-likeness (QED) is 0.906. The number of ether oxygens (including phenoxy) is 1. The summed E-state index contributed by atoms with van der Waals surface area (Å²) in [5, 5.41) is 3.21. The van der Waals surface area contributed by atoms with Gasteiger partial charge in [0.2, 0.25) is 0 Å². The zero-order valence-corrected chi connectivity index (χ0v) is 11.0. The van der Waals surface area contributed by atoms with E-state index in [-0.39, 0.29) is 17.4 Å². The van der Waals surface area contributed by atoms with Crippen LogP contribution in [0, 0.1) is 11.6 Å². The van der Waals surface area contributed by atoms with Crippen molar-refractivity contribution in [3.05, 3.63) is 58.6 Å². The van der Waals surface area contributed by atoms with Crippen LogP contribution in [0.25, 0.3) is 0 Å². The maximum Gasteiger partial charge on any atom is 0.131 e. The molecule has 0 aromatic heterocycles. The zero-order chi connectivity index (χ0) is 13.8. The number of nitrogens with one attached hydrogen (secondary N) is 1. The van der Waals surface area contributed by atoms with Crippen molar-refractivity contribution in [2.75, 3.05) is 12.4 Å². The predicted octanol–water partition coefficient (Wildman–Crippen LogP) is 4.24. The topological polar surface area (TPSA) is 21.3 Å². The minimum absolute atomic E-state index is 0.251. The van der Waals surface area contributed by atoms with Gasteiger partial charge in [-0.25, -0.2) is 8.78 Å². The molecule has 0 unspecified atom stereocenters. The van der Waals surface area contributed by atoms with Gasteiger partial charge in [-0.3, -0.25) is 0 Å². The summed E-state index contributed by atoms with van der Waals surface area (Å²) in [5.74, 6) is -0.322. The van der Waals surface area contributed by atoms with E-state index in [1.165, 1.54) is 31.4 Å². The van der Waals surface area contributed by atoms with Gasteiger partial charge >= 0.3 is 0 Å². The molecule has 2 rings (SSSR count). The lowest BCUT2D eigenvalue weighted by Gasteiger charge is -2.10. The van der Waals surface area contributed by atoms with E-state index in [4.69, 9.17) is 16.3 Å². The maximum atomic E-state index is 13.7. The molecule has 2 nitrogen and oxygen atoms in total. The van der Waals surface area contributed by atoms with Crippen LogP contribution in [0.15, 0.2) is 36.4 Å². The monoisotopic (exact) mass is 283 g/mol. The highest BCUT2D eigenvalue weighted by molar-refractivity contribution is 6.33. The van der Waals surface area contributed by atoms with Crippen molar-refractivity contribution in [3.8, 4) is 5.75 Å². The first kappa shape index (κ1) is 13.6. The Morgan fingerprint density at radius 2 is 1.95 bits per heavy atom. The average molecular weight is 284 g/mol. The highest BCUT2D eigenvalue weighted by atomic mass is 35.5. The normalized spacial score (nSPS) is 10.3. The Morgan fingerprint density at radius 3 is 2.58 bits per heavy atom. The fourth-order valence-electron chi connectivity index (χ4n) is 1.62. The first-order chi connectivity index (χ1) is 9.10. The summed E-state index contributed by atoms with van der Waals surface area (Å²) < 4.78 is 31.5. The number of halogens is 3. The van der Waals surface area contributed by atoms with E-state index in [0.717, 1.165) is 0 Å². The molecule has 2 aromatic carbocycles. The van der Waals surface area contributed by atoms with Crippen molar-refractivity contribution < 1.29 is 13.5 Å². The van der Waals surface area contributed by atoms with Crippen molar-refractivity contribution in [1.82, 2.24) is 0 Å². The van der Waals surface area contributed by atoms with Crippen molar-refractivity contribution in [1.29, 1.82) is 0 Å². The largest absolute Gasteiger partial charge is 0.497 e. The highest BCUT2D eigenvalue weighted by Crippen LogP contribution is 2.24. The Morgan fingerprint density at radius 1 is 1.16 bits per heavy atom. The van der Waals surface area contributed by atoms with E-state index in [2.05, 4.69) is 5.32 Å². The summed E-state index contributed by atoms with van der Waals surface area (Å²) in [7, 11) is 1.48. The SMILES string of the molecule is COc1ccc(CNc2ccc(F)cc2Cl)c(F)c1. The molecule has 0 spiro atoms. The van der Waals surface area contributed by atoms with Crippen LogP contribution in [0.1, 0.15) is 5.56 Å². The van der Waals surface area contributed by atoms with Gasteiger partial charge in [0, 0.05) is 18.2 Å². The van der Waals surface area contributed by atoms with Crippen molar-refractivity contribution >= 4 is 17.3 Å². The Bertz CT molecular complexity index is 590. The Balaban J connectivity index is 2.10. The summed E-state index contributed by atoms with van der Waals surface area (Å²) >= 11 is 5.87. The molecule has 2 aromatic rings. The molecule has 0 aliphatic carbocycles. The molecule has 0 aliphatic rings. The number of rotatable bonds is 4. The van der Waals surface area contributed by atoms with Crippen molar-refractivity contribution in [2.24, 2.45) is 0 Å². The summed E-state index contributed by atoms with van der Waals surface area (Å²) in [6.07, 6.45) is 0. The molecule has 0 radical (unpaired) electrons. The molecule has 5 heteroatoms. The average Bonchev–Trinajstić information content (AvgIpc) is 2.39. The van der Waals surface area contributed by atoms with Gasteiger partial charge in [0.25, 0.3) is 0 Å². The van der Waals surface area contributed by atoms with E-state index in [1.54, 1.807) is 12.1 Å². The van der Waals surface area contributed by atoms with Gasteiger partial charge in [0.1, 0.15) is 17.4 Å². The van der Waals surface area contributed by atoms with E-state index in [1.807, 2.05) is 0 Å². The molecule has 0 atom stereocenters. The third-order valence-electron chi connectivity index (χ3n) is 2.66. The van der Waals surface area contributed by atoms with Gasteiger partial charge in [-0.05, 0) is 24.3 Å². The molecule has 0 bridgehead atoms. The van der Waals surface area contributed by atoms with Gasteiger partial charge in [0.15, 0.2) is 0 Å². The van der Waals surface area contributed by atoms with Gasteiger partial charge < -0.3 is 10.1 Å². The molecule has 0 aliphatic heterocycles. The van der Waals surface area contributed by atoms with Crippen LogP contribution in [0.4, 0.5) is 14.5 Å². The number of methoxy groups -OCH3 is 1. The highest BCUT2D eigenvalue weighted by Gasteiger charge is 2.06. The van der Waals surface area contributed by atoms with Crippen LogP contribution in [-0.2, 0) is 6.54 Å². The molecule has 0 saturated heterocycles. The molecule has 1 N–H and O–H groups in total. The van der Waals surface area contributed by atoms with E-state index in [0.29, 0.717) is 17.0 Å². The zero-order valence-electron chi connectivity index (χ0n) is 10.2. The lowest BCUT2D eigenvalue weighted by Crippen LogP contribution is -2.02. The first-order valence-corrected chi connectivity index (χ1v) is 5.99. The van der Waals surface area contributed by atoms with Crippen LogP contribution < -0.4 is 10.1 Å². The molecular formula is C14H12ClF2NO. The van der Waals surface area contributed by atoms with Crippen molar-refractivity contribution in [2.45, 2.75) is 6.54 Å². The predicted molar refractivity (Wildman–Crippen MR) is 71.7 cm³/mol. The summed E-state index contributed by atoms with van der Waals surface area (Å²) in [6.45, 7) is 0.251. The molecule has 0 fully saturated rings. The molecular weight excluding hydrogens is 272 g/mol. The minimum atomic E-state index is -0.411. The Hall–Kier alpha value is -1.81. The van der Waals surface area contributed by atoms with Gasteiger partial charge in [-0.1, -0.05) is 17.7 Å². The number of anilines is 1. The van der Waals surface area contributed by atoms with E-state index >= 15 is 0 Å². The lowest BCUT2D eigenvalue weighted by atomic mass is 10.2. The fraction of sp³-hybridized carbons (Fsp3) is 0.143. The standard InChI is InChI=1S/C14H12ClF2NO/c1-19-11-4-2-9(13(17)7-11)8-18-14-5-3-10(16)6-12(14)15/h2-7,18H,8H2,1H3. The Labute approximate surface area is 115 Å². The first-order valence-electron chi connectivity index (χ1n) is 5.61. The summed E-state index contributed by atoms with van der Waals surface area (Å²) in [5.41, 5.74) is 1.03. The summed E-state index contributed by atoms with van der Waals surface area (Å²) in [6, 6.07) is 8.61. The lowest BCUT2D eigenvalue weighted by molar-refractivity contribution is 0.411.